The first kappa shape index (κ1) is 21.1. The molecule has 1 N–H and O–H groups in total. The first-order chi connectivity index (χ1) is 13.3. The van der Waals surface area contributed by atoms with Crippen molar-refractivity contribution < 1.29 is 37.0 Å². The van der Waals surface area contributed by atoms with E-state index in [0.717, 1.165) is 0 Å². The molecule has 0 spiro atoms. The van der Waals surface area contributed by atoms with Gasteiger partial charge in [0.25, 0.3) is 5.91 Å². The summed E-state index contributed by atoms with van der Waals surface area (Å²) in [7, 11) is 0. The van der Waals surface area contributed by atoms with Crippen LogP contribution in [0, 0.1) is 5.82 Å². The normalized spacial score (nSPS) is 12.8. The maximum atomic E-state index is 12.9. The van der Waals surface area contributed by atoms with E-state index in [1.165, 1.54) is 62.4 Å². The summed E-state index contributed by atoms with van der Waals surface area (Å²) < 4.78 is 52.4. The average molecular weight is 397 g/mol. The van der Waals surface area contributed by atoms with Gasteiger partial charge in [0, 0.05) is 0 Å². The van der Waals surface area contributed by atoms with Crippen molar-refractivity contribution in [2.75, 3.05) is 5.32 Å². The van der Waals surface area contributed by atoms with Crippen LogP contribution in [-0.2, 0) is 14.3 Å². The fourth-order valence-electron chi connectivity index (χ4n) is 2.09. The van der Waals surface area contributed by atoms with E-state index in [9.17, 15) is 22.8 Å². The quantitative estimate of drug-likeness (QED) is 0.687. The number of carbonyl (C=O) groups is 2. The Morgan fingerprint density at radius 3 is 2.21 bits per heavy atom. The van der Waals surface area contributed by atoms with E-state index in [2.05, 4.69) is 10.1 Å². The maximum Gasteiger partial charge on any atom is 0.387 e. The van der Waals surface area contributed by atoms with Crippen LogP contribution in [0.3, 0.4) is 0 Å². The molecule has 0 saturated heterocycles. The first-order valence-electron chi connectivity index (χ1n) is 8.23. The van der Waals surface area contributed by atoms with E-state index in [0.29, 0.717) is 0 Å². The molecule has 0 aliphatic rings. The largest absolute Gasteiger partial charge is 0.479 e. The molecule has 150 valence electrons. The number of anilines is 1. The van der Waals surface area contributed by atoms with Gasteiger partial charge in [-0.15, -0.1) is 0 Å². The number of ether oxygens (including phenoxy) is 3. The molecular weight excluding hydrogens is 379 g/mol. The van der Waals surface area contributed by atoms with Crippen molar-refractivity contribution in [1.82, 2.24) is 0 Å². The molecule has 2 aromatic carbocycles. The summed E-state index contributed by atoms with van der Waals surface area (Å²) in [4.78, 5) is 24.3. The van der Waals surface area contributed by atoms with Gasteiger partial charge in [-0.2, -0.15) is 8.78 Å². The zero-order valence-electron chi connectivity index (χ0n) is 15.0. The van der Waals surface area contributed by atoms with E-state index in [4.69, 9.17) is 9.47 Å². The highest BCUT2D eigenvalue weighted by atomic mass is 19.3. The zero-order valence-corrected chi connectivity index (χ0v) is 15.0. The molecule has 0 bridgehead atoms. The van der Waals surface area contributed by atoms with Gasteiger partial charge in [0.15, 0.2) is 12.2 Å². The second-order valence-electron chi connectivity index (χ2n) is 5.66. The number of carbonyl (C=O) groups excluding carboxylic acids is 2. The number of amides is 1. The number of para-hydroxylation sites is 2. The Morgan fingerprint density at radius 2 is 1.57 bits per heavy atom. The topological polar surface area (TPSA) is 73.9 Å². The zero-order chi connectivity index (χ0) is 20.7. The number of alkyl halides is 2. The molecule has 0 fully saturated rings. The predicted octanol–water partition coefficient (Wildman–Crippen LogP) is 3.76. The van der Waals surface area contributed by atoms with Crippen LogP contribution in [0.2, 0.25) is 0 Å². The smallest absolute Gasteiger partial charge is 0.387 e. The lowest BCUT2D eigenvalue weighted by Gasteiger charge is -2.18. The average Bonchev–Trinajstić information content (AvgIpc) is 2.64. The molecule has 0 radical (unpaired) electrons. The number of hydrogen-bond donors (Lipinski definition) is 1. The molecule has 28 heavy (non-hydrogen) atoms. The highest BCUT2D eigenvalue weighted by molar-refractivity contribution is 5.96. The van der Waals surface area contributed by atoms with Crippen LogP contribution in [0.15, 0.2) is 48.5 Å². The van der Waals surface area contributed by atoms with Gasteiger partial charge in [-0.05, 0) is 50.2 Å². The SMILES string of the molecule is C[C@H](OC(=O)[C@@H](C)Oc1ccc(F)cc1)C(=O)Nc1ccccc1OC(F)F. The summed E-state index contributed by atoms with van der Waals surface area (Å²) >= 11 is 0. The molecule has 0 aliphatic heterocycles. The summed E-state index contributed by atoms with van der Waals surface area (Å²) in [5, 5.41) is 2.36. The molecular formula is C19H18F3NO5. The van der Waals surface area contributed by atoms with Gasteiger partial charge in [0.05, 0.1) is 5.69 Å². The van der Waals surface area contributed by atoms with Crippen molar-refractivity contribution in [2.24, 2.45) is 0 Å². The Kier molecular flexibility index (Phi) is 7.25. The summed E-state index contributed by atoms with van der Waals surface area (Å²) in [6.07, 6.45) is -2.29. The molecule has 2 rings (SSSR count). The number of benzene rings is 2. The van der Waals surface area contributed by atoms with Gasteiger partial charge in [0.2, 0.25) is 0 Å². The van der Waals surface area contributed by atoms with E-state index in [-0.39, 0.29) is 17.2 Å². The highest BCUT2D eigenvalue weighted by Gasteiger charge is 2.24. The van der Waals surface area contributed by atoms with Crippen LogP contribution >= 0.6 is 0 Å². The molecule has 1 amide bonds. The minimum atomic E-state index is -3.06. The lowest BCUT2D eigenvalue weighted by Crippen LogP contribution is -2.35. The maximum absolute atomic E-state index is 12.9. The Morgan fingerprint density at radius 1 is 0.929 bits per heavy atom. The van der Waals surface area contributed by atoms with E-state index in [1.807, 2.05) is 0 Å². The van der Waals surface area contributed by atoms with E-state index in [1.54, 1.807) is 0 Å². The van der Waals surface area contributed by atoms with Crippen LogP contribution in [0.5, 0.6) is 11.5 Å². The third kappa shape index (κ3) is 6.19. The molecule has 0 unspecified atom stereocenters. The molecule has 9 heteroatoms. The van der Waals surface area contributed by atoms with Crippen molar-refractivity contribution in [3.8, 4) is 11.5 Å². The number of rotatable bonds is 8. The summed E-state index contributed by atoms with van der Waals surface area (Å²) in [5.41, 5.74) is 0.00584. The van der Waals surface area contributed by atoms with Crippen molar-refractivity contribution >= 4 is 17.6 Å². The number of halogens is 3. The number of hydrogen-bond acceptors (Lipinski definition) is 5. The first-order valence-corrected chi connectivity index (χ1v) is 8.23. The molecule has 2 atom stereocenters. The Balaban J connectivity index is 1.92. The second kappa shape index (κ2) is 9.63. The fraction of sp³-hybridized carbons (Fsp3) is 0.263. The van der Waals surface area contributed by atoms with Crippen LogP contribution in [-0.4, -0.2) is 30.7 Å². The summed E-state index contributed by atoms with van der Waals surface area (Å²) in [6.45, 7) is -0.339. The molecule has 2 aromatic rings. The minimum Gasteiger partial charge on any atom is -0.479 e. The highest BCUT2D eigenvalue weighted by Crippen LogP contribution is 2.25. The van der Waals surface area contributed by atoms with Crippen molar-refractivity contribution in [2.45, 2.75) is 32.7 Å². The van der Waals surface area contributed by atoms with Gasteiger partial charge in [-0.3, -0.25) is 4.79 Å². The molecule has 0 saturated carbocycles. The molecule has 6 nitrogen and oxygen atoms in total. The lowest BCUT2D eigenvalue weighted by atomic mass is 10.2. The third-order valence-electron chi connectivity index (χ3n) is 3.48. The van der Waals surface area contributed by atoms with Gasteiger partial charge in [0.1, 0.15) is 17.3 Å². The Hall–Kier alpha value is -3.23. The van der Waals surface area contributed by atoms with Crippen molar-refractivity contribution in [1.29, 1.82) is 0 Å². The molecule has 0 aromatic heterocycles. The van der Waals surface area contributed by atoms with Gasteiger partial charge in [-0.25, -0.2) is 9.18 Å². The van der Waals surface area contributed by atoms with E-state index < -0.39 is 36.5 Å². The third-order valence-corrected chi connectivity index (χ3v) is 3.48. The Labute approximate surface area is 159 Å². The van der Waals surface area contributed by atoms with Gasteiger partial charge < -0.3 is 19.5 Å². The Bertz CT molecular complexity index is 813. The summed E-state index contributed by atoms with van der Waals surface area (Å²) in [6, 6.07) is 10.6. The second-order valence-corrected chi connectivity index (χ2v) is 5.66. The lowest BCUT2D eigenvalue weighted by molar-refractivity contribution is -0.159. The van der Waals surface area contributed by atoms with Gasteiger partial charge >= 0.3 is 12.6 Å². The van der Waals surface area contributed by atoms with E-state index >= 15 is 0 Å². The van der Waals surface area contributed by atoms with Crippen molar-refractivity contribution in [3.05, 3.63) is 54.3 Å². The summed E-state index contributed by atoms with van der Waals surface area (Å²) in [5.74, 6) is -2.00. The standard InChI is InChI=1S/C19H18F3NO5/c1-11(17(24)23-15-5-3-4-6-16(15)28-19(21)22)27-18(25)12(2)26-14-9-7-13(20)8-10-14/h3-12,19H,1-2H3,(H,23,24)/t11-,12+/m0/s1. The van der Waals surface area contributed by atoms with Crippen LogP contribution in [0.4, 0.5) is 18.9 Å². The number of nitrogens with one attached hydrogen (secondary N) is 1. The van der Waals surface area contributed by atoms with Crippen LogP contribution in [0.25, 0.3) is 0 Å². The van der Waals surface area contributed by atoms with Crippen LogP contribution in [0.1, 0.15) is 13.8 Å². The van der Waals surface area contributed by atoms with Crippen LogP contribution < -0.4 is 14.8 Å². The molecule has 0 aliphatic carbocycles. The monoisotopic (exact) mass is 397 g/mol. The number of esters is 1. The fourth-order valence-corrected chi connectivity index (χ4v) is 2.09. The van der Waals surface area contributed by atoms with Gasteiger partial charge in [-0.1, -0.05) is 12.1 Å². The predicted molar refractivity (Wildman–Crippen MR) is 93.7 cm³/mol. The minimum absolute atomic E-state index is 0.00584. The van der Waals surface area contributed by atoms with Crippen molar-refractivity contribution in [3.63, 3.8) is 0 Å². The molecule has 0 heterocycles.